The van der Waals surface area contributed by atoms with Crippen molar-refractivity contribution >= 4 is 21.7 Å². The summed E-state index contributed by atoms with van der Waals surface area (Å²) in [5, 5.41) is 2.72. The Bertz CT molecular complexity index is 831. The summed E-state index contributed by atoms with van der Waals surface area (Å²) in [5.41, 5.74) is 0.802. The lowest BCUT2D eigenvalue weighted by atomic mass is 10.0. The van der Waals surface area contributed by atoms with Gasteiger partial charge in [0.15, 0.2) is 9.84 Å². The number of carbonyl (C=O) groups is 2. The van der Waals surface area contributed by atoms with E-state index in [9.17, 15) is 18.0 Å². The molecule has 1 atom stereocenters. The molecule has 1 fully saturated rings. The van der Waals surface area contributed by atoms with Crippen LogP contribution in [-0.2, 0) is 19.4 Å². The third-order valence-electron chi connectivity index (χ3n) is 4.92. The van der Waals surface area contributed by atoms with Gasteiger partial charge < -0.3 is 10.1 Å². The maximum atomic E-state index is 12.9. The summed E-state index contributed by atoms with van der Waals surface area (Å²) >= 11 is 0. The molecule has 1 aliphatic rings. The molecule has 0 aromatic carbocycles. The summed E-state index contributed by atoms with van der Waals surface area (Å²) in [7, 11) is -3.63. The largest absolute Gasteiger partial charge is 0.466 e. The predicted octanol–water partition coefficient (Wildman–Crippen LogP) is 3.10. The molecule has 8 heteroatoms. The summed E-state index contributed by atoms with van der Waals surface area (Å²) in [6.45, 7) is 7.86. The van der Waals surface area contributed by atoms with Gasteiger partial charge in [-0.2, -0.15) is 0 Å². The smallest absolute Gasteiger partial charge is 0.308 e. The predicted molar refractivity (Wildman–Crippen MR) is 110 cm³/mol. The van der Waals surface area contributed by atoms with E-state index in [1.807, 2.05) is 20.8 Å². The van der Waals surface area contributed by atoms with Crippen molar-refractivity contribution in [1.29, 1.82) is 0 Å². The number of sulfone groups is 1. The molecule has 0 radical (unpaired) electrons. The second-order valence-corrected chi connectivity index (χ2v) is 9.97. The van der Waals surface area contributed by atoms with E-state index < -0.39 is 15.7 Å². The lowest BCUT2D eigenvalue weighted by Crippen LogP contribution is -2.30. The molecule has 1 saturated carbocycles. The second-order valence-electron chi connectivity index (χ2n) is 7.97. The lowest BCUT2D eigenvalue weighted by molar-refractivity contribution is -0.148. The topological polar surface area (TPSA) is 102 Å². The molecule has 1 aromatic rings. The summed E-state index contributed by atoms with van der Waals surface area (Å²) in [6, 6.07) is 1.62. The number of nitrogens with one attached hydrogen (secondary N) is 1. The number of pyridine rings is 1. The Kier molecular flexibility index (Phi) is 8.19. The van der Waals surface area contributed by atoms with Crippen LogP contribution in [0.3, 0.4) is 0 Å². The number of nitrogens with zero attached hydrogens (tertiary/aromatic N) is 1. The molecular formula is C21H32N2O5S. The zero-order valence-electron chi connectivity index (χ0n) is 17.7. The molecule has 162 valence electrons. The molecule has 1 unspecified atom stereocenters. The van der Waals surface area contributed by atoms with Crippen molar-refractivity contribution in [2.45, 2.75) is 64.2 Å². The zero-order chi connectivity index (χ0) is 21.6. The molecule has 7 nitrogen and oxygen atoms in total. The molecule has 2 rings (SSSR count). The number of hydrogen-bond acceptors (Lipinski definition) is 6. The Hall–Kier alpha value is -1.96. The number of carbonyl (C=O) groups excluding carboxylic acids is 2. The van der Waals surface area contributed by atoms with Gasteiger partial charge in [0, 0.05) is 12.7 Å². The van der Waals surface area contributed by atoms with E-state index in [1.54, 1.807) is 19.2 Å². The van der Waals surface area contributed by atoms with Gasteiger partial charge in [0.1, 0.15) is 5.69 Å². The van der Waals surface area contributed by atoms with E-state index in [4.69, 9.17) is 4.74 Å². The Morgan fingerprint density at radius 1 is 1.28 bits per heavy atom. The van der Waals surface area contributed by atoms with Gasteiger partial charge in [-0.15, -0.1) is 0 Å². The molecule has 29 heavy (non-hydrogen) atoms. The first kappa shape index (κ1) is 23.3. The van der Waals surface area contributed by atoms with Crippen LogP contribution in [0, 0.1) is 11.8 Å². The van der Waals surface area contributed by atoms with Crippen molar-refractivity contribution in [2.75, 3.05) is 18.9 Å². The van der Waals surface area contributed by atoms with Gasteiger partial charge in [0.25, 0.3) is 5.91 Å². The van der Waals surface area contributed by atoms with Gasteiger partial charge in [-0.1, -0.05) is 20.8 Å². The van der Waals surface area contributed by atoms with E-state index in [-0.39, 0.29) is 40.7 Å². The van der Waals surface area contributed by atoms with Crippen molar-refractivity contribution in [1.82, 2.24) is 10.3 Å². The SMILES string of the molecule is CCOC(=O)C(CC)CCNC(=O)c1ncc(C2CC2)cc1S(=O)(=O)CC(C)C. The van der Waals surface area contributed by atoms with Crippen molar-refractivity contribution in [2.24, 2.45) is 11.8 Å². The van der Waals surface area contributed by atoms with E-state index in [1.165, 1.54) is 0 Å². The summed E-state index contributed by atoms with van der Waals surface area (Å²) < 4.78 is 30.8. The molecule has 0 aliphatic heterocycles. The van der Waals surface area contributed by atoms with Crippen LogP contribution in [0.15, 0.2) is 17.2 Å². The van der Waals surface area contributed by atoms with Crippen LogP contribution in [0.2, 0.25) is 0 Å². The fraction of sp³-hybridized carbons (Fsp3) is 0.667. The number of rotatable bonds is 11. The van der Waals surface area contributed by atoms with E-state index in [0.717, 1.165) is 18.4 Å². The summed E-state index contributed by atoms with van der Waals surface area (Å²) in [5.74, 6) is -0.878. The highest BCUT2D eigenvalue weighted by Crippen LogP contribution is 2.40. The average molecular weight is 425 g/mol. The minimum absolute atomic E-state index is 0.00512. The molecule has 0 saturated heterocycles. The van der Waals surface area contributed by atoms with Crippen molar-refractivity contribution in [3.63, 3.8) is 0 Å². The number of aromatic nitrogens is 1. The maximum absolute atomic E-state index is 12.9. The van der Waals surface area contributed by atoms with Gasteiger partial charge >= 0.3 is 5.97 Å². The summed E-state index contributed by atoms with van der Waals surface area (Å²) in [4.78, 5) is 28.8. The number of amides is 1. The molecular weight excluding hydrogens is 392 g/mol. The third kappa shape index (κ3) is 6.52. The molecule has 1 aromatic heterocycles. The number of esters is 1. The molecule has 0 spiro atoms. The molecule has 1 amide bonds. The molecule has 1 aliphatic carbocycles. The first-order chi connectivity index (χ1) is 13.7. The van der Waals surface area contributed by atoms with Gasteiger partial charge in [-0.3, -0.25) is 9.59 Å². The van der Waals surface area contributed by atoms with Crippen LogP contribution in [0.25, 0.3) is 0 Å². The van der Waals surface area contributed by atoms with Gasteiger partial charge in [-0.25, -0.2) is 13.4 Å². The fourth-order valence-corrected chi connectivity index (χ4v) is 5.04. The first-order valence-electron chi connectivity index (χ1n) is 10.4. The van der Waals surface area contributed by atoms with Gasteiger partial charge in [0.05, 0.1) is 23.2 Å². The normalized spacial score (nSPS) is 15.2. The third-order valence-corrected chi connectivity index (χ3v) is 7.00. The van der Waals surface area contributed by atoms with Crippen molar-refractivity contribution in [3.05, 3.63) is 23.5 Å². The van der Waals surface area contributed by atoms with Gasteiger partial charge in [-0.05, 0) is 56.1 Å². The standard InChI is InChI=1S/C21H32N2O5S/c1-5-15(21(25)28-6-2)9-10-22-20(24)19-18(29(26,27)13-14(3)4)11-17(12-23-19)16-7-8-16/h11-12,14-16H,5-10,13H2,1-4H3,(H,22,24). The quantitative estimate of drug-likeness (QED) is 0.548. The number of hydrogen-bond donors (Lipinski definition) is 1. The highest BCUT2D eigenvalue weighted by molar-refractivity contribution is 7.91. The Labute approximate surface area is 173 Å². The highest BCUT2D eigenvalue weighted by Gasteiger charge is 2.30. The van der Waals surface area contributed by atoms with Crippen LogP contribution in [0.1, 0.15) is 75.3 Å². The molecule has 1 heterocycles. The number of ether oxygens (including phenoxy) is 1. The Balaban J connectivity index is 2.15. The van der Waals surface area contributed by atoms with E-state index in [0.29, 0.717) is 25.4 Å². The average Bonchev–Trinajstić information content (AvgIpc) is 3.49. The first-order valence-corrected chi connectivity index (χ1v) is 12.0. The minimum Gasteiger partial charge on any atom is -0.466 e. The Morgan fingerprint density at radius 2 is 1.97 bits per heavy atom. The van der Waals surface area contributed by atoms with Crippen LogP contribution in [0.4, 0.5) is 0 Å². The molecule has 1 N–H and O–H groups in total. The van der Waals surface area contributed by atoms with E-state index in [2.05, 4.69) is 10.3 Å². The van der Waals surface area contributed by atoms with Crippen LogP contribution in [-0.4, -0.2) is 44.2 Å². The summed E-state index contributed by atoms with van der Waals surface area (Å²) in [6.07, 6.45) is 4.67. The van der Waals surface area contributed by atoms with Crippen LogP contribution >= 0.6 is 0 Å². The second kappa shape index (κ2) is 10.2. The van der Waals surface area contributed by atoms with Crippen LogP contribution in [0.5, 0.6) is 0 Å². The highest BCUT2D eigenvalue weighted by atomic mass is 32.2. The van der Waals surface area contributed by atoms with Crippen molar-refractivity contribution in [3.8, 4) is 0 Å². The monoisotopic (exact) mass is 424 g/mol. The zero-order valence-corrected chi connectivity index (χ0v) is 18.5. The van der Waals surface area contributed by atoms with Crippen molar-refractivity contribution < 1.29 is 22.7 Å². The van der Waals surface area contributed by atoms with Crippen LogP contribution < -0.4 is 5.32 Å². The Morgan fingerprint density at radius 3 is 2.52 bits per heavy atom. The van der Waals surface area contributed by atoms with E-state index >= 15 is 0 Å². The molecule has 0 bridgehead atoms. The van der Waals surface area contributed by atoms with Gasteiger partial charge in [0.2, 0.25) is 0 Å². The minimum atomic E-state index is -3.63. The fourth-order valence-electron chi connectivity index (χ4n) is 3.23. The lowest BCUT2D eigenvalue weighted by Gasteiger charge is -2.15. The maximum Gasteiger partial charge on any atom is 0.308 e.